The average molecular weight is 303 g/mol. The molecule has 2 aromatic heterocycles. The number of hydrogen-bond acceptors (Lipinski definition) is 3. The van der Waals surface area contributed by atoms with Crippen molar-refractivity contribution >= 4 is 33.8 Å². The summed E-state index contributed by atoms with van der Waals surface area (Å²) in [5, 5.41) is 5.00. The van der Waals surface area contributed by atoms with E-state index in [2.05, 4.69) is 37.2 Å². The van der Waals surface area contributed by atoms with Gasteiger partial charge in [0.15, 0.2) is 0 Å². The first-order valence-electron chi connectivity index (χ1n) is 6.45. The zero-order valence-electron chi connectivity index (χ0n) is 11.6. The molecule has 0 amide bonds. The van der Waals surface area contributed by atoms with Crippen molar-refractivity contribution < 1.29 is 0 Å². The third-order valence-corrected chi connectivity index (χ3v) is 4.59. The predicted molar refractivity (Wildman–Crippen MR) is 86.6 cm³/mol. The molecule has 0 aliphatic carbocycles. The lowest BCUT2D eigenvalue weighted by molar-refractivity contribution is 0.586. The first kappa shape index (κ1) is 13.5. The summed E-state index contributed by atoms with van der Waals surface area (Å²) in [7, 11) is 0. The third-order valence-electron chi connectivity index (χ3n) is 3.08. The van der Waals surface area contributed by atoms with Crippen LogP contribution in [0.2, 0.25) is 5.02 Å². The van der Waals surface area contributed by atoms with Crippen LogP contribution in [0.15, 0.2) is 35.8 Å². The molecule has 0 atom stereocenters. The zero-order chi connectivity index (χ0) is 14.3. The molecular formula is C16H15ClN2S. The molecule has 0 radical (unpaired) electrons. The van der Waals surface area contributed by atoms with Gasteiger partial charge in [0.25, 0.3) is 0 Å². The predicted octanol–water partition coefficient (Wildman–Crippen LogP) is 5.31. The topological polar surface area (TPSA) is 25.8 Å². The molecule has 0 bridgehead atoms. The Morgan fingerprint density at radius 2 is 1.95 bits per heavy atom. The van der Waals surface area contributed by atoms with E-state index in [1.165, 1.54) is 0 Å². The summed E-state index contributed by atoms with van der Waals surface area (Å²) in [6, 6.07) is 7.82. The largest absolute Gasteiger partial charge is 0.256 e. The van der Waals surface area contributed by atoms with Gasteiger partial charge >= 0.3 is 0 Å². The minimum Gasteiger partial charge on any atom is -0.256 e. The van der Waals surface area contributed by atoms with Crippen LogP contribution in [0, 0.1) is 0 Å². The number of rotatable bonds is 1. The Labute approximate surface area is 127 Å². The summed E-state index contributed by atoms with van der Waals surface area (Å²) in [6.07, 6.45) is 1.87. The second-order valence-electron chi connectivity index (χ2n) is 5.85. The number of aromatic nitrogens is 2. The molecule has 0 aliphatic rings. The fourth-order valence-corrected chi connectivity index (χ4v) is 3.09. The Balaban J connectivity index is 2.08. The van der Waals surface area contributed by atoms with Gasteiger partial charge in [0.05, 0.1) is 16.2 Å². The monoisotopic (exact) mass is 302 g/mol. The van der Waals surface area contributed by atoms with Gasteiger partial charge in [0.2, 0.25) is 0 Å². The molecule has 4 heteroatoms. The van der Waals surface area contributed by atoms with Crippen LogP contribution in [0.4, 0.5) is 0 Å². The highest BCUT2D eigenvalue weighted by atomic mass is 35.5. The molecule has 0 saturated carbocycles. The molecule has 20 heavy (non-hydrogen) atoms. The molecule has 3 rings (SSSR count). The van der Waals surface area contributed by atoms with Gasteiger partial charge in [-0.2, -0.15) is 0 Å². The fraction of sp³-hybridized carbons (Fsp3) is 0.250. The van der Waals surface area contributed by atoms with Crippen molar-refractivity contribution in [2.24, 2.45) is 0 Å². The molecule has 2 nitrogen and oxygen atoms in total. The van der Waals surface area contributed by atoms with Gasteiger partial charge in [-0.15, -0.1) is 11.3 Å². The van der Waals surface area contributed by atoms with Crippen molar-refractivity contribution in [3.63, 3.8) is 0 Å². The first-order valence-corrected chi connectivity index (χ1v) is 7.71. The highest BCUT2D eigenvalue weighted by molar-refractivity contribution is 7.10. The van der Waals surface area contributed by atoms with Crippen molar-refractivity contribution in [2.45, 2.75) is 26.2 Å². The van der Waals surface area contributed by atoms with E-state index in [9.17, 15) is 0 Å². The normalized spacial score (nSPS) is 12.0. The van der Waals surface area contributed by atoms with Crippen LogP contribution >= 0.6 is 22.9 Å². The Morgan fingerprint density at radius 1 is 1.15 bits per heavy atom. The fourth-order valence-electron chi connectivity index (χ4n) is 1.99. The average Bonchev–Trinajstić information content (AvgIpc) is 2.87. The summed E-state index contributed by atoms with van der Waals surface area (Å²) in [5.41, 5.74) is 3.04. The van der Waals surface area contributed by atoms with E-state index in [1.807, 2.05) is 24.4 Å². The SMILES string of the molecule is CC(C)(C)c1nc(-c2cnc3ccc(Cl)cc3c2)cs1. The van der Waals surface area contributed by atoms with Crippen LogP contribution in [-0.4, -0.2) is 9.97 Å². The van der Waals surface area contributed by atoms with E-state index in [0.29, 0.717) is 0 Å². The van der Waals surface area contributed by atoms with Gasteiger partial charge in [-0.3, -0.25) is 4.98 Å². The Hall–Kier alpha value is -1.45. The lowest BCUT2D eigenvalue weighted by Gasteiger charge is -2.13. The van der Waals surface area contributed by atoms with Crippen molar-refractivity contribution in [1.82, 2.24) is 9.97 Å². The van der Waals surface area contributed by atoms with Crippen molar-refractivity contribution in [3.05, 3.63) is 45.9 Å². The summed E-state index contributed by atoms with van der Waals surface area (Å²) in [6.45, 7) is 6.52. The van der Waals surface area contributed by atoms with Crippen LogP contribution in [-0.2, 0) is 5.41 Å². The third kappa shape index (κ3) is 2.56. The number of thiazole rings is 1. The molecule has 102 valence electrons. The van der Waals surface area contributed by atoms with Crippen LogP contribution < -0.4 is 0 Å². The van der Waals surface area contributed by atoms with Crippen molar-refractivity contribution in [3.8, 4) is 11.3 Å². The van der Waals surface area contributed by atoms with E-state index in [-0.39, 0.29) is 5.41 Å². The maximum Gasteiger partial charge on any atom is 0.0986 e. The summed E-state index contributed by atoms with van der Waals surface area (Å²) >= 11 is 7.73. The summed E-state index contributed by atoms with van der Waals surface area (Å²) in [5.74, 6) is 0. The quantitative estimate of drug-likeness (QED) is 0.609. The van der Waals surface area contributed by atoms with Gasteiger partial charge in [-0.25, -0.2) is 4.98 Å². The molecule has 0 fully saturated rings. The number of fused-ring (bicyclic) bond motifs is 1. The number of pyridine rings is 1. The molecule has 0 unspecified atom stereocenters. The second kappa shape index (κ2) is 4.83. The summed E-state index contributed by atoms with van der Waals surface area (Å²) < 4.78 is 0. The minimum atomic E-state index is 0.0799. The number of hydrogen-bond donors (Lipinski definition) is 0. The van der Waals surface area contributed by atoms with E-state index in [0.717, 1.165) is 32.2 Å². The minimum absolute atomic E-state index is 0.0799. The number of halogens is 1. The van der Waals surface area contributed by atoms with Gasteiger partial charge in [-0.05, 0) is 24.3 Å². The number of benzene rings is 1. The van der Waals surface area contributed by atoms with Crippen LogP contribution in [0.1, 0.15) is 25.8 Å². The molecule has 2 heterocycles. The molecule has 0 saturated heterocycles. The highest BCUT2D eigenvalue weighted by Crippen LogP contribution is 2.31. The lowest BCUT2D eigenvalue weighted by atomic mass is 9.98. The van der Waals surface area contributed by atoms with Gasteiger partial charge in [0.1, 0.15) is 0 Å². The van der Waals surface area contributed by atoms with E-state index in [4.69, 9.17) is 16.6 Å². The molecule has 3 aromatic rings. The van der Waals surface area contributed by atoms with Crippen LogP contribution in [0.25, 0.3) is 22.2 Å². The maximum atomic E-state index is 6.04. The second-order valence-corrected chi connectivity index (χ2v) is 7.14. The summed E-state index contributed by atoms with van der Waals surface area (Å²) in [4.78, 5) is 9.20. The van der Waals surface area contributed by atoms with Crippen LogP contribution in [0.3, 0.4) is 0 Å². The standard InChI is InChI=1S/C16H15ClN2S/c1-16(2,3)15-19-14(9-20-15)11-6-10-7-12(17)4-5-13(10)18-8-11/h4-9H,1-3H3. The van der Waals surface area contributed by atoms with E-state index < -0.39 is 0 Å². The van der Waals surface area contributed by atoms with E-state index >= 15 is 0 Å². The molecule has 0 aliphatic heterocycles. The molecule has 0 N–H and O–H groups in total. The van der Waals surface area contributed by atoms with Crippen molar-refractivity contribution in [2.75, 3.05) is 0 Å². The lowest BCUT2D eigenvalue weighted by Crippen LogP contribution is -2.10. The smallest absolute Gasteiger partial charge is 0.0986 e. The highest BCUT2D eigenvalue weighted by Gasteiger charge is 2.18. The molecular weight excluding hydrogens is 288 g/mol. The van der Waals surface area contributed by atoms with Crippen LogP contribution in [0.5, 0.6) is 0 Å². The van der Waals surface area contributed by atoms with Gasteiger partial charge in [0, 0.05) is 33.0 Å². The Morgan fingerprint density at radius 3 is 2.65 bits per heavy atom. The maximum absolute atomic E-state index is 6.04. The zero-order valence-corrected chi connectivity index (χ0v) is 13.2. The van der Waals surface area contributed by atoms with Gasteiger partial charge in [-0.1, -0.05) is 32.4 Å². The Bertz CT molecular complexity index is 771. The van der Waals surface area contributed by atoms with Gasteiger partial charge < -0.3 is 0 Å². The first-order chi connectivity index (χ1) is 9.43. The Kier molecular flexibility index (Phi) is 3.27. The van der Waals surface area contributed by atoms with E-state index in [1.54, 1.807) is 11.3 Å². The van der Waals surface area contributed by atoms with Crippen molar-refractivity contribution in [1.29, 1.82) is 0 Å². The number of nitrogens with zero attached hydrogens (tertiary/aromatic N) is 2. The molecule has 1 aromatic carbocycles. The molecule has 0 spiro atoms.